The van der Waals surface area contributed by atoms with Crippen LogP contribution in [-0.4, -0.2) is 24.3 Å². The summed E-state index contributed by atoms with van der Waals surface area (Å²) in [5, 5.41) is 11.5. The molecule has 0 amide bonds. The average Bonchev–Trinajstić information content (AvgIpc) is 2.49. The standard InChI is InChI=1S/C7H13NO/c9-6-3-7(1-2-7)5-8-4-6/h6,8-9H,1-5H2/p+1. The quantitative estimate of drug-likeness (QED) is 0.435. The Morgan fingerprint density at radius 2 is 2.22 bits per heavy atom. The van der Waals surface area contributed by atoms with Gasteiger partial charge in [-0.15, -0.1) is 0 Å². The zero-order chi connectivity index (χ0) is 6.32. The Morgan fingerprint density at radius 1 is 1.44 bits per heavy atom. The van der Waals surface area contributed by atoms with Gasteiger partial charge in [0.05, 0.1) is 6.54 Å². The van der Waals surface area contributed by atoms with Crippen LogP contribution in [0.2, 0.25) is 0 Å². The van der Waals surface area contributed by atoms with Crippen molar-refractivity contribution >= 4 is 0 Å². The van der Waals surface area contributed by atoms with Gasteiger partial charge < -0.3 is 10.4 Å². The molecule has 3 N–H and O–H groups in total. The second-order valence-corrected chi connectivity index (χ2v) is 3.59. The van der Waals surface area contributed by atoms with Crippen LogP contribution in [0.4, 0.5) is 0 Å². The topological polar surface area (TPSA) is 36.8 Å². The maximum Gasteiger partial charge on any atom is 0.103 e. The molecule has 1 aliphatic heterocycles. The van der Waals surface area contributed by atoms with Crippen molar-refractivity contribution in [2.24, 2.45) is 5.41 Å². The monoisotopic (exact) mass is 128 g/mol. The molecule has 1 saturated heterocycles. The molecule has 1 spiro atoms. The van der Waals surface area contributed by atoms with E-state index in [0.717, 1.165) is 13.0 Å². The first-order chi connectivity index (χ1) is 4.31. The second-order valence-electron chi connectivity index (χ2n) is 3.59. The normalized spacial score (nSPS) is 39.0. The lowest BCUT2D eigenvalue weighted by Gasteiger charge is -2.23. The highest BCUT2D eigenvalue weighted by atomic mass is 16.3. The minimum atomic E-state index is -0.0127. The third-order valence-corrected chi connectivity index (χ3v) is 2.64. The smallest absolute Gasteiger partial charge is 0.103 e. The van der Waals surface area contributed by atoms with Crippen LogP contribution < -0.4 is 5.32 Å². The lowest BCUT2D eigenvalue weighted by molar-refractivity contribution is -0.678. The van der Waals surface area contributed by atoms with Crippen LogP contribution in [0.25, 0.3) is 0 Å². The molecule has 2 fully saturated rings. The van der Waals surface area contributed by atoms with Crippen molar-refractivity contribution in [3.8, 4) is 0 Å². The fraction of sp³-hybridized carbons (Fsp3) is 1.00. The predicted octanol–water partition coefficient (Wildman–Crippen LogP) is -0.905. The molecule has 1 heterocycles. The van der Waals surface area contributed by atoms with Gasteiger partial charge in [0, 0.05) is 5.41 Å². The summed E-state index contributed by atoms with van der Waals surface area (Å²) in [5.74, 6) is 0. The number of rotatable bonds is 0. The molecule has 1 saturated carbocycles. The van der Waals surface area contributed by atoms with Gasteiger partial charge in [0.25, 0.3) is 0 Å². The molecule has 0 bridgehead atoms. The molecule has 2 aliphatic rings. The van der Waals surface area contributed by atoms with E-state index in [4.69, 9.17) is 0 Å². The summed E-state index contributed by atoms with van der Waals surface area (Å²) >= 11 is 0. The van der Waals surface area contributed by atoms with Gasteiger partial charge in [-0.1, -0.05) is 0 Å². The van der Waals surface area contributed by atoms with Gasteiger partial charge in [0.2, 0.25) is 0 Å². The Hall–Kier alpha value is -0.0800. The summed E-state index contributed by atoms with van der Waals surface area (Å²) in [6.07, 6.45) is 3.78. The third kappa shape index (κ3) is 0.970. The molecule has 52 valence electrons. The van der Waals surface area contributed by atoms with Crippen LogP contribution >= 0.6 is 0 Å². The molecule has 1 aliphatic carbocycles. The Bertz CT molecular complexity index is 120. The summed E-state index contributed by atoms with van der Waals surface area (Å²) in [4.78, 5) is 0. The molecule has 0 radical (unpaired) electrons. The second kappa shape index (κ2) is 1.70. The largest absolute Gasteiger partial charge is 0.387 e. The van der Waals surface area contributed by atoms with Crippen molar-refractivity contribution < 1.29 is 10.4 Å². The first-order valence-corrected chi connectivity index (χ1v) is 3.81. The average molecular weight is 128 g/mol. The lowest BCUT2D eigenvalue weighted by atomic mass is 9.95. The van der Waals surface area contributed by atoms with E-state index in [1.165, 1.54) is 19.4 Å². The SMILES string of the molecule is OC1C[NH2+]CC2(CC2)C1. The Kier molecular flexibility index (Phi) is 1.08. The van der Waals surface area contributed by atoms with Gasteiger partial charge in [-0.2, -0.15) is 0 Å². The fourth-order valence-corrected chi connectivity index (χ4v) is 1.83. The minimum Gasteiger partial charge on any atom is -0.387 e. The summed E-state index contributed by atoms with van der Waals surface area (Å²) in [7, 11) is 0. The molecule has 1 unspecified atom stereocenters. The number of nitrogens with two attached hydrogens (primary N) is 1. The number of aliphatic hydroxyl groups is 1. The number of aliphatic hydroxyl groups excluding tert-OH is 1. The highest BCUT2D eigenvalue weighted by Crippen LogP contribution is 2.48. The Morgan fingerprint density at radius 3 is 2.67 bits per heavy atom. The Labute approximate surface area is 55.3 Å². The van der Waals surface area contributed by atoms with Gasteiger partial charge in [-0.05, 0) is 19.3 Å². The summed E-state index contributed by atoms with van der Waals surface area (Å²) in [6, 6.07) is 0. The number of hydrogen-bond acceptors (Lipinski definition) is 1. The number of piperidine rings is 1. The van der Waals surface area contributed by atoms with E-state index in [1.807, 2.05) is 0 Å². The zero-order valence-electron chi connectivity index (χ0n) is 5.64. The predicted molar refractivity (Wildman–Crippen MR) is 34.0 cm³/mol. The van der Waals surface area contributed by atoms with Crippen LogP contribution in [0.3, 0.4) is 0 Å². The highest BCUT2D eigenvalue weighted by molar-refractivity contribution is 4.95. The first kappa shape index (κ1) is 5.69. The molecule has 0 aromatic heterocycles. The van der Waals surface area contributed by atoms with E-state index in [-0.39, 0.29) is 6.10 Å². The van der Waals surface area contributed by atoms with Crippen LogP contribution in [-0.2, 0) is 0 Å². The summed E-state index contributed by atoms with van der Waals surface area (Å²) in [6.45, 7) is 2.20. The number of quaternary nitrogens is 1. The van der Waals surface area contributed by atoms with Gasteiger partial charge in [-0.25, -0.2) is 0 Å². The summed E-state index contributed by atoms with van der Waals surface area (Å²) in [5.41, 5.74) is 0.595. The molecule has 1 atom stereocenters. The van der Waals surface area contributed by atoms with Crippen molar-refractivity contribution in [3.05, 3.63) is 0 Å². The van der Waals surface area contributed by atoms with Crippen molar-refractivity contribution in [3.63, 3.8) is 0 Å². The van der Waals surface area contributed by atoms with Crippen molar-refractivity contribution in [1.29, 1.82) is 0 Å². The van der Waals surface area contributed by atoms with Crippen LogP contribution in [0.15, 0.2) is 0 Å². The molecule has 0 aromatic carbocycles. The van der Waals surface area contributed by atoms with E-state index >= 15 is 0 Å². The molecular weight excluding hydrogens is 114 g/mol. The highest BCUT2D eigenvalue weighted by Gasteiger charge is 2.48. The van der Waals surface area contributed by atoms with Crippen LogP contribution in [0.1, 0.15) is 19.3 Å². The van der Waals surface area contributed by atoms with Gasteiger partial charge >= 0.3 is 0 Å². The number of hydrogen-bond donors (Lipinski definition) is 2. The van der Waals surface area contributed by atoms with Crippen LogP contribution in [0, 0.1) is 5.41 Å². The van der Waals surface area contributed by atoms with Gasteiger partial charge in [0.1, 0.15) is 12.6 Å². The van der Waals surface area contributed by atoms with E-state index in [1.54, 1.807) is 0 Å². The molecule has 2 nitrogen and oxygen atoms in total. The molecule has 2 rings (SSSR count). The zero-order valence-corrected chi connectivity index (χ0v) is 5.64. The van der Waals surface area contributed by atoms with Gasteiger partial charge in [0.15, 0.2) is 0 Å². The summed E-state index contributed by atoms with van der Waals surface area (Å²) < 4.78 is 0. The van der Waals surface area contributed by atoms with E-state index < -0.39 is 0 Å². The molecule has 9 heavy (non-hydrogen) atoms. The maximum atomic E-state index is 9.25. The first-order valence-electron chi connectivity index (χ1n) is 3.81. The van der Waals surface area contributed by atoms with Crippen molar-refractivity contribution in [2.75, 3.05) is 13.1 Å². The van der Waals surface area contributed by atoms with Crippen LogP contribution in [0.5, 0.6) is 0 Å². The minimum absolute atomic E-state index is 0.0127. The lowest BCUT2D eigenvalue weighted by Crippen LogP contribution is -2.90. The van der Waals surface area contributed by atoms with E-state index in [9.17, 15) is 5.11 Å². The van der Waals surface area contributed by atoms with E-state index in [2.05, 4.69) is 5.32 Å². The Balaban J connectivity index is 1.96. The van der Waals surface area contributed by atoms with Crippen molar-refractivity contribution in [2.45, 2.75) is 25.4 Å². The van der Waals surface area contributed by atoms with Gasteiger partial charge in [-0.3, -0.25) is 0 Å². The fourth-order valence-electron chi connectivity index (χ4n) is 1.83. The maximum absolute atomic E-state index is 9.25. The van der Waals surface area contributed by atoms with Crippen molar-refractivity contribution in [1.82, 2.24) is 0 Å². The molecular formula is C7H14NO+. The van der Waals surface area contributed by atoms with E-state index in [0.29, 0.717) is 5.41 Å². The molecule has 0 aromatic rings. The third-order valence-electron chi connectivity index (χ3n) is 2.64. The molecule has 2 heteroatoms.